The van der Waals surface area contributed by atoms with E-state index in [2.05, 4.69) is 0 Å². The fourth-order valence-corrected chi connectivity index (χ4v) is 2.65. The Balaban J connectivity index is 2.18. The highest BCUT2D eigenvalue weighted by molar-refractivity contribution is 5.96. The molecule has 0 aliphatic heterocycles. The number of hydrogen-bond donors (Lipinski definition) is 2. The topological polar surface area (TPSA) is 45.4 Å². The average Bonchev–Trinajstić information content (AvgIpc) is 2.83. The maximum Gasteiger partial charge on any atom is 0.416 e. The lowest BCUT2D eigenvalue weighted by Crippen LogP contribution is -2.04. The van der Waals surface area contributed by atoms with Crippen molar-refractivity contribution in [2.75, 3.05) is 0 Å². The third-order valence-corrected chi connectivity index (χ3v) is 3.81. The Kier molecular flexibility index (Phi) is 3.66. The van der Waals surface area contributed by atoms with E-state index in [4.69, 9.17) is 0 Å². The Morgan fingerprint density at radius 2 is 1.78 bits per heavy atom. The fourth-order valence-electron chi connectivity index (χ4n) is 2.65. The summed E-state index contributed by atoms with van der Waals surface area (Å²) in [4.78, 5) is 0. The molecule has 120 valence electrons. The summed E-state index contributed by atoms with van der Waals surface area (Å²) < 4.78 is 40.4. The lowest BCUT2D eigenvalue weighted by molar-refractivity contribution is -0.137. The quantitative estimate of drug-likeness (QED) is 0.704. The van der Waals surface area contributed by atoms with Gasteiger partial charge in [-0.05, 0) is 23.8 Å². The van der Waals surface area contributed by atoms with Crippen LogP contribution in [0.15, 0.2) is 48.7 Å². The minimum atomic E-state index is -4.39. The van der Waals surface area contributed by atoms with Gasteiger partial charge in [-0.25, -0.2) is 0 Å². The number of aromatic nitrogens is 1. The molecule has 2 N–H and O–H groups in total. The molecule has 0 bridgehead atoms. The summed E-state index contributed by atoms with van der Waals surface area (Å²) in [6.45, 7) is 0. The number of nitrogens with zero attached hydrogens (tertiary/aromatic N) is 1. The molecule has 0 atom stereocenters. The molecule has 0 aliphatic carbocycles. The zero-order chi connectivity index (χ0) is 16.8. The second kappa shape index (κ2) is 5.40. The zero-order valence-corrected chi connectivity index (χ0v) is 12.2. The van der Waals surface area contributed by atoms with Crippen molar-refractivity contribution in [1.82, 2.24) is 4.57 Å². The molecule has 6 heteroatoms. The molecule has 3 nitrogen and oxygen atoms in total. The highest BCUT2D eigenvalue weighted by Crippen LogP contribution is 2.35. The van der Waals surface area contributed by atoms with Crippen LogP contribution in [-0.4, -0.2) is 14.8 Å². The van der Waals surface area contributed by atoms with Crippen LogP contribution >= 0.6 is 0 Å². The monoisotopic (exact) mass is 321 g/mol. The maximum atomic E-state index is 12.9. The minimum absolute atomic E-state index is 0.328. The SMILES string of the molecule is Cn1cc(-c2cccc(C(F)(F)F)c2)c2ccc(C(O)O)cc21. The van der Waals surface area contributed by atoms with E-state index in [1.165, 1.54) is 6.07 Å². The van der Waals surface area contributed by atoms with Crippen molar-refractivity contribution in [1.29, 1.82) is 0 Å². The number of rotatable bonds is 2. The van der Waals surface area contributed by atoms with Gasteiger partial charge in [-0.2, -0.15) is 13.2 Å². The molecule has 0 spiro atoms. The molecule has 1 aromatic heterocycles. The molecule has 2 aromatic carbocycles. The van der Waals surface area contributed by atoms with Crippen LogP contribution in [0.2, 0.25) is 0 Å². The van der Waals surface area contributed by atoms with E-state index in [0.717, 1.165) is 17.5 Å². The van der Waals surface area contributed by atoms with Gasteiger partial charge < -0.3 is 14.8 Å². The summed E-state index contributed by atoms with van der Waals surface area (Å²) in [7, 11) is 1.76. The van der Waals surface area contributed by atoms with E-state index in [-0.39, 0.29) is 0 Å². The second-order valence-corrected chi connectivity index (χ2v) is 5.38. The van der Waals surface area contributed by atoms with Gasteiger partial charge in [0.1, 0.15) is 0 Å². The van der Waals surface area contributed by atoms with Crippen molar-refractivity contribution < 1.29 is 23.4 Å². The number of aliphatic hydroxyl groups excluding tert-OH is 1. The van der Waals surface area contributed by atoms with Crippen LogP contribution in [0.25, 0.3) is 22.0 Å². The van der Waals surface area contributed by atoms with Crippen LogP contribution in [0.1, 0.15) is 17.4 Å². The number of fused-ring (bicyclic) bond motifs is 1. The lowest BCUT2D eigenvalue weighted by atomic mass is 10.0. The predicted octanol–water partition coefficient (Wildman–Crippen LogP) is 3.85. The molecule has 3 aromatic rings. The van der Waals surface area contributed by atoms with Gasteiger partial charge in [0, 0.05) is 35.3 Å². The van der Waals surface area contributed by atoms with E-state index < -0.39 is 18.0 Å². The van der Waals surface area contributed by atoms with E-state index in [1.807, 2.05) is 0 Å². The van der Waals surface area contributed by atoms with Gasteiger partial charge in [0.25, 0.3) is 0 Å². The number of hydrogen-bond acceptors (Lipinski definition) is 2. The van der Waals surface area contributed by atoms with Crippen molar-refractivity contribution >= 4 is 10.9 Å². The Morgan fingerprint density at radius 1 is 1.04 bits per heavy atom. The molecule has 0 unspecified atom stereocenters. The predicted molar refractivity (Wildman–Crippen MR) is 80.5 cm³/mol. The standard InChI is InChI=1S/C17H14F3NO2/c1-21-9-14(10-3-2-4-12(7-10)17(18,19)20)13-6-5-11(16(22)23)8-15(13)21/h2-9,16,22-23H,1H3. The first-order valence-electron chi connectivity index (χ1n) is 6.90. The fraction of sp³-hybridized carbons (Fsp3) is 0.176. The Bertz CT molecular complexity index is 866. The van der Waals surface area contributed by atoms with Crippen molar-refractivity contribution in [3.05, 3.63) is 59.8 Å². The molecule has 0 aliphatic rings. The number of alkyl halides is 3. The first-order valence-corrected chi connectivity index (χ1v) is 6.90. The normalized spacial score (nSPS) is 12.3. The first-order chi connectivity index (χ1) is 10.8. The van der Waals surface area contributed by atoms with Gasteiger partial charge in [0.2, 0.25) is 0 Å². The summed E-state index contributed by atoms with van der Waals surface area (Å²) in [6, 6.07) is 9.99. The van der Waals surface area contributed by atoms with Gasteiger partial charge in [-0.3, -0.25) is 0 Å². The molecule has 0 fully saturated rings. The van der Waals surface area contributed by atoms with E-state index >= 15 is 0 Å². The van der Waals surface area contributed by atoms with Gasteiger partial charge in [0.05, 0.1) is 5.56 Å². The van der Waals surface area contributed by atoms with E-state index in [1.54, 1.807) is 42.1 Å². The highest BCUT2D eigenvalue weighted by Gasteiger charge is 2.30. The van der Waals surface area contributed by atoms with Gasteiger partial charge in [-0.15, -0.1) is 0 Å². The molecule has 1 heterocycles. The third-order valence-electron chi connectivity index (χ3n) is 3.81. The van der Waals surface area contributed by atoms with Gasteiger partial charge in [-0.1, -0.05) is 24.3 Å². The van der Waals surface area contributed by atoms with E-state index in [9.17, 15) is 23.4 Å². The number of halogens is 3. The average molecular weight is 321 g/mol. The van der Waals surface area contributed by atoms with Crippen molar-refractivity contribution in [2.24, 2.45) is 7.05 Å². The molecule has 3 rings (SSSR count). The Labute approximate surface area is 130 Å². The number of aliphatic hydroxyl groups is 2. The molecular formula is C17H14F3NO2. The second-order valence-electron chi connectivity index (χ2n) is 5.38. The lowest BCUT2D eigenvalue weighted by Gasteiger charge is -2.08. The van der Waals surface area contributed by atoms with Crippen LogP contribution in [0, 0.1) is 0 Å². The molecule has 0 saturated carbocycles. The van der Waals surface area contributed by atoms with Crippen molar-refractivity contribution in [3.8, 4) is 11.1 Å². The Hall–Kier alpha value is -2.31. The number of benzene rings is 2. The summed E-state index contributed by atoms with van der Waals surface area (Å²) >= 11 is 0. The largest absolute Gasteiger partial charge is 0.416 e. The van der Waals surface area contributed by atoms with Crippen LogP contribution < -0.4 is 0 Å². The summed E-state index contributed by atoms with van der Waals surface area (Å²) in [5.41, 5.74) is 1.46. The van der Waals surface area contributed by atoms with Crippen molar-refractivity contribution in [3.63, 3.8) is 0 Å². The van der Waals surface area contributed by atoms with Crippen LogP contribution in [0.5, 0.6) is 0 Å². The zero-order valence-electron chi connectivity index (χ0n) is 12.2. The molecule has 0 amide bonds. The summed E-state index contributed by atoms with van der Waals surface area (Å²) in [5.74, 6) is 0. The summed E-state index contributed by atoms with van der Waals surface area (Å²) in [6.07, 6.45) is -4.26. The maximum absolute atomic E-state index is 12.9. The summed E-state index contributed by atoms with van der Waals surface area (Å²) in [5, 5.41) is 19.2. The van der Waals surface area contributed by atoms with Crippen molar-refractivity contribution in [2.45, 2.75) is 12.5 Å². The van der Waals surface area contributed by atoms with Crippen LogP contribution in [0.4, 0.5) is 13.2 Å². The first kappa shape index (κ1) is 15.6. The van der Waals surface area contributed by atoms with Crippen LogP contribution in [0.3, 0.4) is 0 Å². The minimum Gasteiger partial charge on any atom is -0.364 e. The molecule has 23 heavy (non-hydrogen) atoms. The molecule has 0 saturated heterocycles. The van der Waals surface area contributed by atoms with Gasteiger partial charge >= 0.3 is 6.18 Å². The molecular weight excluding hydrogens is 307 g/mol. The van der Waals surface area contributed by atoms with Crippen LogP contribution in [-0.2, 0) is 13.2 Å². The van der Waals surface area contributed by atoms with Gasteiger partial charge in [0.15, 0.2) is 6.29 Å². The Morgan fingerprint density at radius 3 is 2.43 bits per heavy atom. The highest BCUT2D eigenvalue weighted by atomic mass is 19.4. The smallest absolute Gasteiger partial charge is 0.364 e. The number of aryl methyl sites for hydroxylation is 1. The van der Waals surface area contributed by atoms with E-state index in [0.29, 0.717) is 22.2 Å². The molecule has 0 radical (unpaired) electrons. The third kappa shape index (κ3) is 2.83.